The number of allylic oxidation sites excluding steroid dienone is 2. The van der Waals surface area contributed by atoms with Crippen molar-refractivity contribution in [1.82, 2.24) is 0 Å². The van der Waals surface area contributed by atoms with Crippen LogP contribution in [0.25, 0.3) is 5.57 Å². The molecule has 0 nitrogen and oxygen atoms in total. The minimum atomic E-state index is 1.17. The fourth-order valence-electron chi connectivity index (χ4n) is 1.09. The lowest BCUT2D eigenvalue weighted by Gasteiger charge is -1.99. The van der Waals surface area contributed by atoms with Crippen LogP contribution in [0.4, 0.5) is 0 Å². The van der Waals surface area contributed by atoms with E-state index in [9.17, 15) is 0 Å². The van der Waals surface area contributed by atoms with Crippen molar-refractivity contribution in [1.29, 1.82) is 0 Å². The molecule has 1 heteroatoms. The lowest BCUT2D eigenvalue weighted by atomic mass is 10.1. The zero-order valence-electron chi connectivity index (χ0n) is 7.26. The molecule has 0 aliphatic carbocycles. The van der Waals surface area contributed by atoms with Gasteiger partial charge in [-0.25, -0.2) is 0 Å². The number of benzene rings is 1. The summed E-state index contributed by atoms with van der Waals surface area (Å²) in [6.45, 7) is 2.17. The first-order valence-electron chi connectivity index (χ1n) is 4.12. The van der Waals surface area contributed by atoms with Gasteiger partial charge in [0.15, 0.2) is 0 Å². The molecule has 0 spiro atoms. The highest BCUT2D eigenvalue weighted by atomic mass is 127. The maximum absolute atomic E-state index is 2.40. The highest BCUT2D eigenvalue weighted by molar-refractivity contribution is 14.1. The van der Waals surface area contributed by atoms with Crippen LogP contribution in [0.5, 0.6) is 0 Å². The molecule has 0 aliphatic heterocycles. The second-order valence-corrected chi connectivity index (χ2v) is 3.81. The van der Waals surface area contributed by atoms with E-state index in [-0.39, 0.29) is 0 Å². The predicted molar refractivity (Wildman–Crippen MR) is 63.6 cm³/mol. The summed E-state index contributed by atoms with van der Waals surface area (Å²) in [5, 5.41) is 0. The van der Waals surface area contributed by atoms with E-state index in [0.717, 1.165) is 0 Å². The number of hydrogen-bond donors (Lipinski definition) is 0. The highest BCUT2D eigenvalue weighted by Crippen LogP contribution is 2.13. The monoisotopic (exact) mass is 272 g/mol. The van der Waals surface area contributed by atoms with E-state index in [1.807, 2.05) is 0 Å². The van der Waals surface area contributed by atoms with Crippen LogP contribution in [-0.2, 0) is 0 Å². The van der Waals surface area contributed by atoms with Gasteiger partial charge >= 0.3 is 0 Å². The van der Waals surface area contributed by atoms with Crippen molar-refractivity contribution in [2.75, 3.05) is 4.43 Å². The van der Waals surface area contributed by atoms with E-state index in [1.165, 1.54) is 22.0 Å². The summed E-state index contributed by atoms with van der Waals surface area (Å²) < 4.78 is 1.20. The third-order valence-electron chi connectivity index (χ3n) is 1.79. The van der Waals surface area contributed by atoms with Crippen LogP contribution in [0.1, 0.15) is 18.9 Å². The predicted octanol–water partition coefficient (Wildman–Crippen LogP) is 3.92. The molecule has 0 unspecified atom stereocenters. The van der Waals surface area contributed by atoms with E-state index in [0.29, 0.717) is 0 Å². The van der Waals surface area contributed by atoms with Crippen molar-refractivity contribution in [2.45, 2.75) is 13.3 Å². The Bertz CT molecular complexity index is 249. The first-order valence-corrected chi connectivity index (χ1v) is 5.65. The molecule has 12 heavy (non-hydrogen) atoms. The average molecular weight is 272 g/mol. The van der Waals surface area contributed by atoms with E-state index in [2.05, 4.69) is 65.9 Å². The molecule has 0 aliphatic rings. The van der Waals surface area contributed by atoms with E-state index in [4.69, 9.17) is 0 Å². The first-order chi connectivity index (χ1) is 5.84. The number of rotatable bonds is 3. The largest absolute Gasteiger partial charge is 0.0860 e. The van der Waals surface area contributed by atoms with Crippen LogP contribution in [-0.4, -0.2) is 4.43 Å². The first kappa shape index (κ1) is 9.78. The van der Waals surface area contributed by atoms with Gasteiger partial charge in [0.2, 0.25) is 0 Å². The molecule has 1 aromatic carbocycles. The standard InChI is InChI=1S/C11H13I/c1-10(6-5-9-12)11-7-3-2-4-8-11/h2-4,6-8H,5,9H2,1H3/b10-6-. The smallest absolute Gasteiger partial charge is 0.00301 e. The Labute approximate surface area is 87.8 Å². The minimum absolute atomic E-state index is 1.17. The van der Waals surface area contributed by atoms with Crippen molar-refractivity contribution >= 4 is 28.2 Å². The Balaban J connectivity index is 2.71. The Morgan fingerprint density at radius 3 is 2.58 bits per heavy atom. The number of alkyl halides is 1. The SMILES string of the molecule is C/C(=C/CCI)c1ccccc1. The second-order valence-electron chi connectivity index (χ2n) is 2.73. The van der Waals surface area contributed by atoms with Gasteiger partial charge < -0.3 is 0 Å². The minimum Gasteiger partial charge on any atom is -0.0860 e. The third-order valence-corrected chi connectivity index (χ3v) is 2.41. The number of hydrogen-bond acceptors (Lipinski definition) is 0. The highest BCUT2D eigenvalue weighted by Gasteiger charge is 1.91. The van der Waals surface area contributed by atoms with Gasteiger partial charge in [0.05, 0.1) is 0 Å². The molecule has 0 N–H and O–H groups in total. The van der Waals surface area contributed by atoms with Crippen molar-refractivity contribution in [3.63, 3.8) is 0 Å². The van der Waals surface area contributed by atoms with Gasteiger partial charge in [-0.05, 0) is 24.5 Å². The molecular weight excluding hydrogens is 259 g/mol. The Kier molecular flexibility index (Phi) is 4.36. The summed E-state index contributed by atoms with van der Waals surface area (Å²) in [7, 11) is 0. The lowest BCUT2D eigenvalue weighted by Crippen LogP contribution is -1.78. The summed E-state index contributed by atoms with van der Waals surface area (Å²) in [6.07, 6.45) is 3.46. The molecule has 1 rings (SSSR count). The van der Waals surface area contributed by atoms with Gasteiger partial charge in [-0.2, -0.15) is 0 Å². The Morgan fingerprint density at radius 1 is 1.33 bits per heavy atom. The molecular formula is C11H13I. The van der Waals surface area contributed by atoms with Crippen LogP contribution in [0, 0.1) is 0 Å². The van der Waals surface area contributed by atoms with Crippen molar-refractivity contribution < 1.29 is 0 Å². The molecule has 0 saturated carbocycles. The van der Waals surface area contributed by atoms with Crippen molar-refractivity contribution in [3.05, 3.63) is 42.0 Å². The van der Waals surface area contributed by atoms with Gasteiger partial charge in [-0.15, -0.1) is 0 Å². The zero-order chi connectivity index (χ0) is 8.81. The quantitative estimate of drug-likeness (QED) is 0.578. The fraction of sp³-hybridized carbons (Fsp3) is 0.273. The van der Waals surface area contributed by atoms with Crippen LogP contribution >= 0.6 is 22.6 Å². The molecule has 0 fully saturated rings. The van der Waals surface area contributed by atoms with Crippen LogP contribution in [0.3, 0.4) is 0 Å². The van der Waals surface area contributed by atoms with Crippen LogP contribution in [0.2, 0.25) is 0 Å². The summed E-state index contributed by atoms with van der Waals surface area (Å²) in [5.74, 6) is 0. The van der Waals surface area contributed by atoms with Crippen molar-refractivity contribution in [2.24, 2.45) is 0 Å². The van der Waals surface area contributed by atoms with Gasteiger partial charge in [-0.3, -0.25) is 0 Å². The van der Waals surface area contributed by atoms with E-state index in [1.54, 1.807) is 0 Å². The van der Waals surface area contributed by atoms with E-state index < -0.39 is 0 Å². The lowest BCUT2D eigenvalue weighted by molar-refractivity contribution is 1.27. The summed E-state index contributed by atoms with van der Waals surface area (Å²) >= 11 is 2.40. The zero-order valence-corrected chi connectivity index (χ0v) is 9.41. The molecule has 0 heterocycles. The van der Waals surface area contributed by atoms with E-state index >= 15 is 0 Å². The maximum Gasteiger partial charge on any atom is 0.00301 e. The van der Waals surface area contributed by atoms with Gasteiger partial charge in [-0.1, -0.05) is 59.0 Å². The average Bonchev–Trinajstić information content (AvgIpc) is 2.15. The van der Waals surface area contributed by atoms with Gasteiger partial charge in [0.25, 0.3) is 0 Å². The molecule has 1 aromatic rings. The molecule has 64 valence electrons. The maximum atomic E-state index is 2.40. The second kappa shape index (κ2) is 5.36. The van der Waals surface area contributed by atoms with Crippen molar-refractivity contribution in [3.8, 4) is 0 Å². The van der Waals surface area contributed by atoms with Gasteiger partial charge in [0.1, 0.15) is 0 Å². The van der Waals surface area contributed by atoms with Crippen LogP contribution in [0.15, 0.2) is 36.4 Å². The Morgan fingerprint density at radius 2 is 2.00 bits per heavy atom. The molecule has 0 aromatic heterocycles. The topological polar surface area (TPSA) is 0 Å². The normalized spacial score (nSPS) is 11.7. The van der Waals surface area contributed by atoms with Crippen LogP contribution < -0.4 is 0 Å². The molecule has 0 saturated heterocycles. The number of halogens is 1. The third kappa shape index (κ3) is 2.97. The van der Waals surface area contributed by atoms with Gasteiger partial charge in [0, 0.05) is 4.43 Å². The molecule has 0 bridgehead atoms. The summed E-state index contributed by atoms with van der Waals surface area (Å²) in [6, 6.07) is 10.5. The Hall–Kier alpha value is -0.310. The summed E-state index contributed by atoms with van der Waals surface area (Å²) in [5.41, 5.74) is 2.72. The molecule has 0 amide bonds. The molecule has 0 atom stereocenters. The fourth-order valence-corrected chi connectivity index (χ4v) is 1.40. The summed E-state index contributed by atoms with van der Waals surface area (Å²) in [4.78, 5) is 0. The molecule has 0 radical (unpaired) electrons.